The average Bonchev–Trinajstić information content (AvgIpc) is 3.21. The molecule has 0 unspecified atom stereocenters. The van der Waals surface area contributed by atoms with Gasteiger partial charge in [-0.2, -0.15) is 4.31 Å². The Morgan fingerprint density at radius 2 is 1.72 bits per heavy atom. The van der Waals surface area contributed by atoms with Gasteiger partial charge in [0.05, 0.1) is 32.8 Å². The third-order valence-electron chi connectivity index (χ3n) is 4.62. The second kappa shape index (κ2) is 9.55. The van der Waals surface area contributed by atoms with Crippen LogP contribution in [0.25, 0.3) is 10.1 Å². The van der Waals surface area contributed by atoms with Crippen LogP contribution < -0.4 is 14.8 Å². The molecule has 0 fully saturated rings. The number of hydrogen-bond donors (Lipinski definition) is 1. The molecule has 2 aromatic carbocycles. The Bertz CT molecular complexity index is 1270. The van der Waals surface area contributed by atoms with Crippen molar-refractivity contribution in [3.8, 4) is 11.5 Å². The number of amides is 1. The van der Waals surface area contributed by atoms with E-state index in [1.54, 1.807) is 24.3 Å². The molecule has 0 bridgehead atoms. The molecule has 11 heteroatoms. The van der Waals surface area contributed by atoms with Crippen LogP contribution in [-0.4, -0.2) is 59.5 Å². The van der Waals surface area contributed by atoms with Gasteiger partial charge in [0.15, 0.2) is 11.5 Å². The van der Waals surface area contributed by atoms with Crippen LogP contribution in [0, 0.1) is 0 Å². The lowest BCUT2D eigenvalue weighted by molar-refractivity contribution is -0.116. The Labute approximate surface area is 189 Å². The maximum atomic E-state index is 12.9. The van der Waals surface area contributed by atoms with E-state index in [9.17, 15) is 18.0 Å². The average molecular weight is 479 g/mol. The molecule has 9 nitrogen and oxygen atoms in total. The lowest BCUT2D eigenvalue weighted by atomic mass is 10.2. The third-order valence-corrected chi connectivity index (χ3v) is 7.51. The molecule has 0 aliphatic carbocycles. The number of carbonyl (C=O) groups is 2. The van der Waals surface area contributed by atoms with Crippen LogP contribution in [0.15, 0.2) is 47.4 Å². The van der Waals surface area contributed by atoms with Crippen LogP contribution in [0.1, 0.15) is 9.67 Å². The molecule has 0 aliphatic heterocycles. The first kappa shape index (κ1) is 23.5. The predicted molar refractivity (Wildman–Crippen MR) is 121 cm³/mol. The highest BCUT2D eigenvalue weighted by Crippen LogP contribution is 2.31. The van der Waals surface area contributed by atoms with Crippen molar-refractivity contribution in [1.29, 1.82) is 0 Å². The first-order valence-corrected chi connectivity index (χ1v) is 11.6. The lowest BCUT2D eigenvalue weighted by Gasteiger charge is -2.18. The maximum Gasteiger partial charge on any atom is 0.348 e. The number of benzene rings is 2. The lowest BCUT2D eigenvalue weighted by Crippen LogP contribution is -2.35. The fraction of sp³-hybridized carbons (Fsp3) is 0.238. The fourth-order valence-electron chi connectivity index (χ4n) is 2.97. The number of esters is 1. The molecular formula is C21H22N2O7S2. The van der Waals surface area contributed by atoms with Gasteiger partial charge in [0.2, 0.25) is 15.9 Å². The van der Waals surface area contributed by atoms with Crippen molar-refractivity contribution in [2.75, 3.05) is 40.2 Å². The van der Waals surface area contributed by atoms with Gasteiger partial charge in [-0.15, -0.1) is 11.3 Å². The number of hydrogen-bond acceptors (Lipinski definition) is 8. The summed E-state index contributed by atoms with van der Waals surface area (Å²) in [4.78, 5) is 24.6. The molecule has 1 amide bonds. The zero-order chi connectivity index (χ0) is 23.5. The Morgan fingerprint density at radius 3 is 2.38 bits per heavy atom. The van der Waals surface area contributed by atoms with Gasteiger partial charge in [-0.3, -0.25) is 4.79 Å². The summed E-state index contributed by atoms with van der Waals surface area (Å²) in [5.41, 5.74) is 0.480. The highest BCUT2D eigenvalue weighted by Gasteiger charge is 2.24. The molecular weight excluding hydrogens is 456 g/mol. The minimum atomic E-state index is -3.94. The summed E-state index contributed by atoms with van der Waals surface area (Å²) in [5, 5.41) is 3.44. The van der Waals surface area contributed by atoms with Crippen LogP contribution in [-0.2, 0) is 19.6 Å². The number of methoxy groups -OCH3 is 3. The molecule has 0 atom stereocenters. The number of nitrogens with one attached hydrogen (secondary N) is 1. The Morgan fingerprint density at radius 1 is 1.00 bits per heavy atom. The van der Waals surface area contributed by atoms with Gasteiger partial charge in [-0.25, -0.2) is 13.2 Å². The summed E-state index contributed by atoms with van der Waals surface area (Å²) in [6, 6.07) is 11.0. The zero-order valence-electron chi connectivity index (χ0n) is 17.9. The number of ether oxygens (including phenoxy) is 3. The molecule has 3 rings (SSSR count). The summed E-state index contributed by atoms with van der Waals surface area (Å²) >= 11 is 1.28. The van der Waals surface area contributed by atoms with E-state index in [-0.39, 0.29) is 10.6 Å². The molecule has 1 N–H and O–H groups in total. The van der Waals surface area contributed by atoms with Gasteiger partial charge >= 0.3 is 5.97 Å². The predicted octanol–water partition coefficient (Wildman–Crippen LogP) is 2.96. The van der Waals surface area contributed by atoms with Crippen molar-refractivity contribution in [2.45, 2.75) is 4.90 Å². The molecule has 0 saturated carbocycles. The number of sulfonamides is 1. The molecule has 0 saturated heterocycles. The van der Waals surface area contributed by atoms with E-state index >= 15 is 0 Å². The molecule has 0 spiro atoms. The SMILES string of the molecule is COC(=O)c1cc2cc(NC(=O)CN(C)S(=O)(=O)c3ccc(OC)c(OC)c3)ccc2s1. The first-order valence-electron chi connectivity index (χ1n) is 9.29. The summed E-state index contributed by atoms with van der Waals surface area (Å²) in [5.74, 6) is -0.286. The quantitative estimate of drug-likeness (QED) is 0.496. The van der Waals surface area contributed by atoms with E-state index in [2.05, 4.69) is 5.32 Å². The van der Waals surface area contributed by atoms with Gasteiger partial charge in [-0.1, -0.05) is 0 Å². The first-order chi connectivity index (χ1) is 15.2. The van der Waals surface area contributed by atoms with Crippen LogP contribution in [0.2, 0.25) is 0 Å². The number of rotatable bonds is 8. The Kier molecular flexibility index (Phi) is 7.02. The van der Waals surface area contributed by atoms with Gasteiger partial charge in [0.25, 0.3) is 0 Å². The summed E-state index contributed by atoms with van der Waals surface area (Å²) in [6.07, 6.45) is 0. The highest BCUT2D eigenvalue weighted by molar-refractivity contribution is 7.89. The fourth-order valence-corrected chi connectivity index (χ4v) is 5.07. The van der Waals surface area contributed by atoms with Crippen molar-refractivity contribution in [3.63, 3.8) is 0 Å². The smallest absolute Gasteiger partial charge is 0.348 e. The van der Waals surface area contributed by atoms with Gasteiger partial charge < -0.3 is 19.5 Å². The third kappa shape index (κ3) is 4.85. The van der Waals surface area contributed by atoms with E-state index in [0.29, 0.717) is 16.3 Å². The summed E-state index contributed by atoms with van der Waals surface area (Å²) in [6.45, 7) is -0.397. The molecule has 3 aromatic rings. The topological polar surface area (TPSA) is 111 Å². The van der Waals surface area contributed by atoms with Crippen LogP contribution >= 0.6 is 11.3 Å². The summed E-state index contributed by atoms with van der Waals surface area (Å²) in [7, 11) is 1.54. The van der Waals surface area contributed by atoms with E-state index in [1.165, 1.54) is 57.9 Å². The van der Waals surface area contributed by atoms with Crippen molar-refractivity contribution in [1.82, 2.24) is 4.31 Å². The van der Waals surface area contributed by atoms with Crippen molar-refractivity contribution >= 4 is 49.0 Å². The number of anilines is 1. The maximum absolute atomic E-state index is 12.9. The molecule has 170 valence electrons. The second-order valence-electron chi connectivity index (χ2n) is 6.68. The Hall–Kier alpha value is -3.15. The molecule has 0 radical (unpaired) electrons. The van der Waals surface area contributed by atoms with E-state index in [0.717, 1.165) is 14.4 Å². The van der Waals surface area contributed by atoms with Crippen LogP contribution in [0.4, 0.5) is 5.69 Å². The number of nitrogens with zero attached hydrogens (tertiary/aromatic N) is 1. The molecule has 32 heavy (non-hydrogen) atoms. The zero-order valence-corrected chi connectivity index (χ0v) is 19.5. The van der Waals surface area contributed by atoms with Crippen LogP contribution in [0.3, 0.4) is 0 Å². The minimum absolute atomic E-state index is 0.0273. The van der Waals surface area contributed by atoms with Gasteiger partial charge in [-0.05, 0) is 41.8 Å². The minimum Gasteiger partial charge on any atom is -0.493 e. The largest absolute Gasteiger partial charge is 0.493 e. The Balaban J connectivity index is 1.73. The normalized spacial score (nSPS) is 11.4. The van der Waals surface area contributed by atoms with Crippen molar-refractivity contribution in [3.05, 3.63) is 47.3 Å². The van der Waals surface area contributed by atoms with Crippen LogP contribution in [0.5, 0.6) is 11.5 Å². The van der Waals surface area contributed by atoms with Gasteiger partial charge in [0.1, 0.15) is 4.88 Å². The van der Waals surface area contributed by atoms with E-state index < -0.39 is 28.4 Å². The second-order valence-corrected chi connectivity index (χ2v) is 9.81. The van der Waals surface area contributed by atoms with Crippen molar-refractivity contribution in [2.24, 2.45) is 0 Å². The molecule has 0 aliphatic rings. The standard InChI is InChI=1S/C21H22N2O7S2/c1-23(32(26,27)15-6-7-16(28-2)17(11-15)29-3)12-20(24)22-14-5-8-18-13(9-14)10-19(31-18)21(25)30-4/h5-11H,12H2,1-4H3,(H,22,24). The summed E-state index contributed by atoms with van der Waals surface area (Å²) < 4.78 is 42.5. The van der Waals surface area contributed by atoms with E-state index in [1.807, 2.05) is 0 Å². The molecule has 1 heterocycles. The number of likely N-dealkylation sites (N-methyl/N-ethyl adjacent to an activating group) is 1. The van der Waals surface area contributed by atoms with E-state index in [4.69, 9.17) is 14.2 Å². The molecule has 1 aromatic heterocycles. The highest BCUT2D eigenvalue weighted by atomic mass is 32.2. The van der Waals surface area contributed by atoms with Gasteiger partial charge in [0, 0.05) is 23.5 Å². The number of fused-ring (bicyclic) bond motifs is 1. The number of carbonyl (C=O) groups excluding carboxylic acids is 2. The van der Waals surface area contributed by atoms with Crippen molar-refractivity contribution < 1.29 is 32.2 Å². The monoisotopic (exact) mass is 478 g/mol. The number of thiophene rings is 1.